The van der Waals surface area contributed by atoms with E-state index in [1.807, 2.05) is 34.1 Å². The van der Waals surface area contributed by atoms with Crippen molar-refractivity contribution < 1.29 is 9.59 Å². The Labute approximate surface area is 158 Å². The molecule has 0 aliphatic carbocycles. The van der Waals surface area contributed by atoms with Crippen molar-refractivity contribution in [2.75, 3.05) is 37.6 Å². The molecule has 2 amide bonds. The summed E-state index contributed by atoms with van der Waals surface area (Å²) < 4.78 is 0. The van der Waals surface area contributed by atoms with Gasteiger partial charge in [-0.05, 0) is 24.1 Å². The van der Waals surface area contributed by atoms with Crippen LogP contribution in [0, 0.1) is 0 Å². The molecule has 2 aromatic rings. The van der Waals surface area contributed by atoms with Gasteiger partial charge in [-0.2, -0.15) is 0 Å². The molecular formula is C20H23N5O2. The number of hydrogen-bond donors (Lipinski definition) is 0. The maximum Gasteiger partial charge on any atom is 0.253 e. The Balaban J connectivity index is 1.34. The van der Waals surface area contributed by atoms with Gasteiger partial charge in [-0.25, -0.2) is 4.98 Å². The summed E-state index contributed by atoms with van der Waals surface area (Å²) in [6.45, 7) is 4.29. The molecule has 2 aliphatic rings. The lowest BCUT2D eigenvalue weighted by atomic mass is 10.1. The van der Waals surface area contributed by atoms with Crippen LogP contribution in [0.25, 0.3) is 0 Å². The van der Waals surface area contributed by atoms with Crippen LogP contribution < -0.4 is 4.90 Å². The zero-order valence-corrected chi connectivity index (χ0v) is 15.3. The first kappa shape index (κ1) is 17.5. The lowest BCUT2D eigenvalue weighted by molar-refractivity contribution is -0.128. The molecule has 140 valence electrons. The third-order valence-corrected chi connectivity index (χ3v) is 5.19. The first-order valence-electron chi connectivity index (χ1n) is 9.38. The normalized spacial score (nSPS) is 17.5. The minimum atomic E-state index is 0.0533. The standard InChI is InChI=1S/C20H23N5O2/c26-19-2-1-9-25(19)15-16-3-5-17(6-4-16)20(27)24-12-10-23(11-13-24)18-14-21-7-8-22-18/h3-8,14H,1-2,9-13,15H2. The number of benzene rings is 1. The molecule has 2 fully saturated rings. The first-order chi connectivity index (χ1) is 13.2. The molecule has 0 N–H and O–H groups in total. The Morgan fingerprint density at radius 1 is 1.00 bits per heavy atom. The van der Waals surface area contributed by atoms with Crippen molar-refractivity contribution in [2.24, 2.45) is 0 Å². The molecule has 2 aliphatic heterocycles. The van der Waals surface area contributed by atoms with E-state index in [-0.39, 0.29) is 11.8 Å². The zero-order valence-electron chi connectivity index (χ0n) is 15.3. The second-order valence-corrected chi connectivity index (χ2v) is 6.96. The van der Waals surface area contributed by atoms with Gasteiger partial charge in [-0.1, -0.05) is 12.1 Å². The lowest BCUT2D eigenvalue weighted by Crippen LogP contribution is -2.49. The van der Waals surface area contributed by atoms with Crippen LogP contribution >= 0.6 is 0 Å². The summed E-state index contributed by atoms with van der Waals surface area (Å²) in [5.74, 6) is 1.12. The number of nitrogens with zero attached hydrogens (tertiary/aromatic N) is 5. The van der Waals surface area contributed by atoms with E-state index in [2.05, 4.69) is 14.9 Å². The van der Waals surface area contributed by atoms with Crippen molar-refractivity contribution in [3.05, 3.63) is 54.0 Å². The van der Waals surface area contributed by atoms with E-state index in [0.717, 1.165) is 37.4 Å². The molecule has 0 atom stereocenters. The van der Waals surface area contributed by atoms with Crippen molar-refractivity contribution in [1.29, 1.82) is 0 Å². The molecule has 4 rings (SSSR count). The quantitative estimate of drug-likeness (QED) is 0.822. The molecule has 27 heavy (non-hydrogen) atoms. The molecule has 1 aromatic heterocycles. The van der Waals surface area contributed by atoms with Crippen molar-refractivity contribution in [1.82, 2.24) is 19.8 Å². The molecule has 0 unspecified atom stereocenters. The smallest absolute Gasteiger partial charge is 0.253 e. The fourth-order valence-electron chi connectivity index (χ4n) is 3.62. The molecule has 7 nitrogen and oxygen atoms in total. The molecule has 0 radical (unpaired) electrons. The highest BCUT2D eigenvalue weighted by atomic mass is 16.2. The fraction of sp³-hybridized carbons (Fsp3) is 0.400. The van der Waals surface area contributed by atoms with E-state index in [4.69, 9.17) is 0 Å². The van der Waals surface area contributed by atoms with Gasteiger partial charge in [0, 0.05) is 63.6 Å². The summed E-state index contributed by atoms with van der Waals surface area (Å²) in [6, 6.07) is 7.64. The Kier molecular flexibility index (Phi) is 5.00. The van der Waals surface area contributed by atoms with Gasteiger partial charge in [0.15, 0.2) is 0 Å². The van der Waals surface area contributed by atoms with Crippen molar-refractivity contribution in [3.8, 4) is 0 Å². The van der Waals surface area contributed by atoms with Gasteiger partial charge in [-0.15, -0.1) is 0 Å². The van der Waals surface area contributed by atoms with Crippen LogP contribution in [0.15, 0.2) is 42.9 Å². The molecule has 2 saturated heterocycles. The molecule has 0 spiro atoms. The highest BCUT2D eigenvalue weighted by Crippen LogP contribution is 2.17. The lowest BCUT2D eigenvalue weighted by Gasteiger charge is -2.35. The average Bonchev–Trinajstić information content (AvgIpc) is 3.13. The Bertz CT molecular complexity index is 801. The number of likely N-dealkylation sites (tertiary alicyclic amines) is 1. The summed E-state index contributed by atoms with van der Waals surface area (Å²) in [5.41, 5.74) is 1.76. The molecule has 0 bridgehead atoms. The second kappa shape index (κ2) is 7.73. The highest BCUT2D eigenvalue weighted by Gasteiger charge is 2.23. The topological polar surface area (TPSA) is 69.6 Å². The summed E-state index contributed by atoms with van der Waals surface area (Å²) in [7, 11) is 0. The molecular weight excluding hydrogens is 342 g/mol. The Morgan fingerprint density at radius 2 is 1.78 bits per heavy atom. The van der Waals surface area contributed by atoms with Gasteiger partial charge in [0.2, 0.25) is 5.91 Å². The van der Waals surface area contributed by atoms with Gasteiger partial charge in [0.1, 0.15) is 5.82 Å². The summed E-state index contributed by atoms with van der Waals surface area (Å²) in [5, 5.41) is 0. The third-order valence-electron chi connectivity index (χ3n) is 5.19. The number of aromatic nitrogens is 2. The average molecular weight is 365 g/mol. The minimum Gasteiger partial charge on any atom is -0.352 e. The van der Waals surface area contributed by atoms with Crippen LogP contribution in [0.5, 0.6) is 0 Å². The third kappa shape index (κ3) is 3.92. The fourth-order valence-corrected chi connectivity index (χ4v) is 3.62. The molecule has 1 aromatic carbocycles. The van der Waals surface area contributed by atoms with Gasteiger partial charge in [0.25, 0.3) is 5.91 Å². The van der Waals surface area contributed by atoms with Crippen molar-refractivity contribution >= 4 is 17.6 Å². The number of carbonyl (C=O) groups is 2. The van der Waals surface area contributed by atoms with E-state index in [0.29, 0.717) is 31.6 Å². The Morgan fingerprint density at radius 3 is 2.41 bits per heavy atom. The van der Waals surface area contributed by atoms with Crippen molar-refractivity contribution in [2.45, 2.75) is 19.4 Å². The highest BCUT2D eigenvalue weighted by molar-refractivity contribution is 5.94. The van der Waals surface area contributed by atoms with E-state index < -0.39 is 0 Å². The van der Waals surface area contributed by atoms with Crippen LogP contribution in [0.3, 0.4) is 0 Å². The van der Waals surface area contributed by atoms with Crippen LogP contribution in [0.2, 0.25) is 0 Å². The maximum absolute atomic E-state index is 12.8. The summed E-state index contributed by atoms with van der Waals surface area (Å²) in [6.07, 6.45) is 6.69. The van der Waals surface area contributed by atoms with Crippen LogP contribution in [0.4, 0.5) is 5.82 Å². The number of hydrogen-bond acceptors (Lipinski definition) is 5. The second-order valence-electron chi connectivity index (χ2n) is 6.96. The molecule has 0 saturated carbocycles. The summed E-state index contributed by atoms with van der Waals surface area (Å²) in [4.78, 5) is 38.8. The van der Waals surface area contributed by atoms with Gasteiger partial charge in [0.05, 0.1) is 6.20 Å². The van der Waals surface area contributed by atoms with Crippen LogP contribution in [-0.2, 0) is 11.3 Å². The number of piperazine rings is 1. The van der Waals surface area contributed by atoms with Crippen molar-refractivity contribution in [3.63, 3.8) is 0 Å². The summed E-state index contributed by atoms with van der Waals surface area (Å²) >= 11 is 0. The van der Waals surface area contributed by atoms with Gasteiger partial charge in [-0.3, -0.25) is 14.6 Å². The monoisotopic (exact) mass is 365 g/mol. The minimum absolute atomic E-state index is 0.0533. The zero-order chi connectivity index (χ0) is 18.6. The SMILES string of the molecule is O=C1CCCN1Cc1ccc(C(=O)N2CCN(c3cnccn3)CC2)cc1. The largest absolute Gasteiger partial charge is 0.352 e. The first-order valence-corrected chi connectivity index (χ1v) is 9.38. The molecule has 3 heterocycles. The number of carbonyl (C=O) groups excluding carboxylic acids is 2. The van der Waals surface area contributed by atoms with Gasteiger partial charge < -0.3 is 14.7 Å². The van der Waals surface area contributed by atoms with Gasteiger partial charge >= 0.3 is 0 Å². The maximum atomic E-state index is 12.8. The van der Waals surface area contributed by atoms with E-state index in [9.17, 15) is 9.59 Å². The van der Waals surface area contributed by atoms with E-state index in [1.54, 1.807) is 18.6 Å². The molecule has 7 heteroatoms. The number of amides is 2. The van der Waals surface area contributed by atoms with E-state index >= 15 is 0 Å². The predicted octanol–water partition coefficient (Wildman–Crippen LogP) is 1.56. The Hall–Kier alpha value is -2.96. The van der Waals surface area contributed by atoms with E-state index in [1.165, 1.54) is 0 Å². The number of anilines is 1. The number of rotatable bonds is 4. The van der Waals surface area contributed by atoms with Crippen LogP contribution in [-0.4, -0.2) is 64.3 Å². The van der Waals surface area contributed by atoms with Crippen LogP contribution in [0.1, 0.15) is 28.8 Å². The predicted molar refractivity (Wildman–Crippen MR) is 101 cm³/mol.